The molecule has 0 spiro atoms. The molecular formula is C21H32N4O2S. The molecule has 0 aliphatic heterocycles. The first-order valence-electron chi connectivity index (χ1n) is 9.36. The average Bonchev–Trinajstić information content (AvgIpc) is 3.15. The van der Waals surface area contributed by atoms with Gasteiger partial charge in [0.05, 0.1) is 24.9 Å². The first-order valence-corrected chi connectivity index (χ1v) is 10.2. The van der Waals surface area contributed by atoms with Crippen LogP contribution in [0.25, 0.3) is 0 Å². The van der Waals surface area contributed by atoms with E-state index in [-0.39, 0.29) is 5.41 Å². The second kappa shape index (κ2) is 9.78. The molecule has 0 saturated heterocycles. The third-order valence-electron chi connectivity index (χ3n) is 4.42. The van der Waals surface area contributed by atoms with Crippen molar-refractivity contribution in [1.29, 1.82) is 0 Å². The summed E-state index contributed by atoms with van der Waals surface area (Å²) in [5.74, 6) is 2.42. The molecule has 0 aliphatic rings. The van der Waals surface area contributed by atoms with Crippen molar-refractivity contribution in [2.45, 2.75) is 39.2 Å². The molecule has 0 bridgehead atoms. The van der Waals surface area contributed by atoms with Crippen molar-refractivity contribution in [1.82, 2.24) is 15.2 Å². The van der Waals surface area contributed by atoms with Crippen molar-refractivity contribution >= 4 is 17.3 Å². The standard InChI is InChI=1S/C21H32N4O2S/c1-21(2,3)18-14-28-19(24-18)10-11-23-20(22-4)25(5)13-15-8-9-16(26-6)12-17(15)27-7/h8-9,12,14H,10-11,13H2,1-7H3,(H,22,23). The molecule has 0 fully saturated rings. The number of thiazole rings is 1. The van der Waals surface area contributed by atoms with E-state index in [4.69, 9.17) is 14.5 Å². The highest BCUT2D eigenvalue weighted by Crippen LogP contribution is 2.26. The summed E-state index contributed by atoms with van der Waals surface area (Å²) >= 11 is 1.72. The molecule has 1 heterocycles. The van der Waals surface area contributed by atoms with E-state index in [2.05, 4.69) is 41.4 Å². The molecule has 6 nitrogen and oxygen atoms in total. The molecule has 1 N–H and O–H groups in total. The number of nitrogens with zero attached hydrogens (tertiary/aromatic N) is 3. The second-order valence-electron chi connectivity index (χ2n) is 7.63. The number of hydrogen-bond acceptors (Lipinski definition) is 5. The summed E-state index contributed by atoms with van der Waals surface area (Å²) in [7, 11) is 7.13. The summed E-state index contributed by atoms with van der Waals surface area (Å²) in [6.45, 7) is 8.03. The molecule has 2 aromatic rings. The number of methoxy groups -OCH3 is 2. The number of benzene rings is 1. The van der Waals surface area contributed by atoms with Gasteiger partial charge in [-0.1, -0.05) is 20.8 Å². The number of hydrogen-bond donors (Lipinski definition) is 1. The number of guanidine groups is 1. The van der Waals surface area contributed by atoms with Crippen LogP contribution in [0.2, 0.25) is 0 Å². The highest BCUT2D eigenvalue weighted by molar-refractivity contribution is 7.09. The van der Waals surface area contributed by atoms with Crippen LogP contribution in [0.1, 0.15) is 37.0 Å². The van der Waals surface area contributed by atoms with E-state index >= 15 is 0 Å². The van der Waals surface area contributed by atoms with Gasteiger partial charge >= 0.3 is 0 Å². The van der Waals surface area contributed by atoms with E-state index in [0.717, 1.165) is 46.7 Å². The van der Waals surface area contributed by atoms with Crippen LogP contribution in [0.5, 0.6) is 11.5 Å². The lowest BCUT2D eigenvalue weighted by molar-refractivity contribution is 0.382. The molecule has 0 aliphatic carbocycles. The molecular weight excluding hydrogens is 372 g/mol. The third-order valence-corrected chi connectivity index (χ3v) is 5.33. The molecule has 0 unspecified atom stereocenters. The summed E-state index contributed by atoms with van der Waals surface area (Å²) in [6.07, 6.45) is 0.874. The molecule has 1 aromatic heterocycles. The summed E-state index contributed by atoms with van der Waals surface area (Å²) in [4.78, 5) is 11.2. The summed E-state index contributed by atoms with van der Waals surface area (Å²) in [5.41, 5.74) is 2.32. The zero-order valence-electron chi connectivity index (χ0n) is 18.0. The SMILES string of the molecule is CN=C(NCCc1nc(C(C)(C)C)cs1)N(C)Cc1ccc(OC)cc1OC. The minimum absolute atomic E-state index is 0.0931. The van der Waals surface area contributed by atoms with Gasteiger partial charge in [-0.3, -0.25) is 4.99 Å². The first kappa shape index (κ1) is 22.0. The van der Waals surface area contributed by atoms with Gasteiger partial charge in [-0.25, -0.2) is 4.98 Å². The van der Waals surface area contributed by atoms with Crippen LogP contribution < -0.4 is 14.8 Å². The normalized spacial score (nSPS) is 12.0. The zero-order valence-corrected chi connectivity index (χ0v) is 18.8. The van der Waals surface area contributed by atoms with Crippen LogP contribution in [0.3, 0.4) is 0 Å². The van der Waals surface area contributed by atoms with Crippen LogP contribution >= 0.6 is 11.3 Å². The summed E-state index contributed by atoms with van der Waals surface area (Å²) in [5, 5.41) is 6.73. The van der Waals surface area contributed by atoms with Gasteiger partial charge in [0.2, 0.25) is 0 Å². The number of aromatic nitrogens is 1. The highest BCUT2D eigenvalue weighted by Gasteiger charge is 2.17. The lowest BCUT2D eigenvalue weighted by Crippen LogP contribution is -2.39. The molecule has 1 aromatic carbocycles. The Morgan fingerprint density at radius 3 is 2.57 bits per heavy atom. The van der Waals surface area contributed by atoms with Gasteiger partial charge in [0.25, 0.3) is 0 Å². The first-order chi connectivity index (χ1) is 13.3. The fourth-order valence-electron chi connectivity index (χ4n) is 2.75. The Balaban J connectivity index is 1.93. The summed E-state index contributed by atoms with van der Waals surface area (Å²) < 4.78 is 10.8. The maximum atomic E-state index is 5.50. The van der Waals surface area contributed by atoms with Gasteiger partial charge in [-0.2, -0.15) is 0 Å². The minimum atomic E-state index is 0.0931. The molecule has 2 rings (SSSR count). The Hall–Kier alpha value is -2.28. The number of aliphatic imine (C=N–C) groups is 1. The van der Waals surface area contributed by atoms with Gasteiger partial charge in [-0.05, 0) is 12.1 Å². The lowest BCUT2D eigenvalue weighted by atomic mass is 9.93. The van der Waals surface area contributed by atoms with E-state index in [1.807, 2.05) is 25.2 Å². The summed E-state index contributed by atoms with van der Waals surface area (Å²) in [6, 6.07) is 5.86. The van der Waals surface area contributed by atoms with Crippen LogP contribution in [-0.4, -0.2) is 50.7 Å². The van der Waals surface area contributed by atoms with E-state index < -0.39 is 0 Å². The molecule has 0 saturated carbocycles. The lowest BCUT2D eigenvalue weighted by Gasteiger charge is -2.23. The Kier molecular flexibility index (Phi) is 7.69. The largest absolute Gasteiger partial charge is 0.497 e. The molecule has 7 heteroatoms. The van der Waals surface area contributed by atoms with Crippen molar-refractivity contribution in [2.75, 3.05) is 34.9 Å². The Labute approximate surface area is 172 Å². The van der Waals surface area contributed by atoms with Crippen molar-refractivity contribution in [2.24, 2.45) is 4.99 Å². The van der Waals surface area contributed by atoms with Gasteiger partial charge in [0.15, 0.2) is 5.96 Å². The van der Waals surface area contributed by atoms with Crippen molar-refractivity contribution in [3.8, 4) is 11.5 Å². The molecule has 0 atom stereocenters. The number of nitrogens with one attached hydrogen (secondary N) is 1. The molecule has 154 valence electrons. The van der Waals surface area contributed by atoms with Gasteiger partial charge < -0.3 is 19.7 Å². The Morgan fingerprint density at radius 1 is 1.25 bits per heavy atom. The molecule has 0 radical (unpaired) electrons. The second-order valence-corrected chi connectivity index (χ2v) is 8.58. The molecule has 28 heavy (non-hydrogen) atoms. The van der Waals surface area contributed by atoms with Crippen molar-refractivity contribution < 1.29 is 9.47 Å². The van der Waals surface area contributed by atoms with Gasteiger partial charge in [0, 0.05) is 56.0 Å². The maximum absolute atomic E-state index is 5.50. The van der Waals surface area contributed by atoms with Crippen LogP contribution in [0, 0.1) is 0 Å². The number of ether oxygens (including phenoxy) is 2. The fraction of sp³-hybridized carbons (Fsp3) is 0.524. The van der Waals surface area contributed by atoms with Crippen molar-refractivity contribution in [3.63, 3.8) is 0 Å². The number of rotatable bonds is 7. The van der Waals surface area contributed by atoms with Crippen LogP contribution in [-0.2, 0) is 18.4 Å². The van der Waals surface area contributed by atoms with E-state index in [0.29, 0.717) is 6.54 Å². The monoisotopic (exact) mass is 404 g/mol. The quantitative estimate of drug-likeness (QED) is 0.563. The fourth-order valence-corrected chi connectivity index (χ4v) is 3.77. The Morgan fingerprint density at radius 2 is 2.00 bits per heavy atom. The maximum Gasteiger partial charge on any atom is 0.193 e. The van der Waals surface area contributed by atoms with Gasteiger partial charge in [0.1, 0.15) is 11.5 Å². The molecule has 0 amide bonds. The van der Waals surface area contributed by atoms with Crippen LogP contribution in [0.4, 0.5) is 0 Å². The predicted molar refractivity (Wildman–Crippen MR) is 117 cm³/mol. The average molecular weight is 405 g/mol. The van der Waals surface area contributed by atoms with E-state index in [9.17, 15) is 0 Å². The van der Waals surface area contributed by atoms with E-state index in [1.54, 1.807) is 32.6 Å². The smallest absolute Gasteiger partial charge is 0.193 e. The zero-order chi connectivity index (χ0) is 20.7. The van der Waals surface area contributed by atoms with E-state index in [1.165, 1.54) is 0 Å². The minimum Gasteiger partial charge on any atom is -0.497 e. The van der Waals surface area contributed by atoms with Crippen molar-refractivity contribution in [3.05, 3.63) is 39.8 Å². The van der Waals surface area contributed by atoms with Gasteiger partial charge in [-0.15, -0.1) is 11.3 Å². The van der Waals surface area contributed by atoms with Crippen LogP contribution in [0.15, 0.2) is 28.6 Å². The Bertz CT molecular complexity index is 796. The highest BCUT2D eigenvalue weighted by atomic mass is 32.1. The third kappa shape index (κ3) is 5.86. The topological polar surface area (TPSA) is 59.0 Å². The predicted octanol–water partition coefficient (Wildman–Crippen LogP) is 3.71.